The standard InChI is InChI=1S/C22H25N3O3S/c1-16(26)19-6-5-7-20(14-19)29(27,28)24-12-10-18(11-13-24)15-25-17(2)23-21-8-3-4-9-22(21)25/h3-9,14,18H,10-13,15H2,1-2H3. The summed E-state index contributed by atoms with van der Waals surface area (Å²) in [5.74, 6) is 1.26. The van der Waals surface area contributed by atoms with Gasteiger partial charge in [0.2, 0.25) is 10.0 Å². The van der Waals surface area contributed by atoms with Crippen LogP contribution in [0, 0.1) is 12.8 Å². The first-order chi connectivity index (χ1) is 13.9. The zero-order valence-electron chi connectivity index (χ0n) is 16.7. The summed E-state index contributed by atoms with van der Waals surface area (Å²) in [6.45, 7) is 5.28. The Balaban J connectivity index is 1.47. The number of para-hydroxylation sites is 2. The number of rotatable bonds is 5. The minimum absolute atomic E-state index is 0.135. The number of imidazole rings is 1. The number of carbonyl (C=O) groups excluding carboxylic acids is 1. The number of aryl methyl sites for hydroxylation is 1. The van der Waals surface area contributed by atoms with Gasteiger partial charge in [-0.3, -0.25) is 4.79 Å². The van der Waals surface area contributed by atoms with Crippen molar-refractivity contribution in [3.63, 3.8) is 0 Å². The van der Waals surface area contributed by atoms with Crippen LogP contribution in [0.25, 0.3) is 11.0 Å². The maximum atomic E-state index is 13.0. The molecule has 3 aromatic rings. The minimum Gasteiger partial charge on any atom is -0.328 e. The molecule has 0 aliphatic carbocycles. The molecule has 1 aliphatic rings. The van der Waals surface area contributed by atoms with E-state index < -0.39 is 10.0 Å². The monoisotopic (exact) mass is 411 g/mol. The van der Waals surface area contributed by atoms with Crippen LogP contribution >= 0.6 is 0 Å². The van der Waals surface area contributed by atoms with E-state index >= 15 is 0 Å². The number of piperidine rings is 1. The molecule has 2 aromatic carbocycles. The summed E-state index contributed by atoms with van der Waals surface area (Å²) in [7, 11) is -3.58. The molecule has 0 spiro atoms. The predicted molar refractivity (Wildman–Crippen MR) is 112 cm³/mol. The van der Waals surface area contributed by atoms with E-state index in [-0.39, 0.29) is 10.7 Å². The summed E-state index contributed by atoms with van der Waals surface area (Å²) >= 11 is 0. The van der Waals surface area contributed by atoms with Crippen LogP contribution in [0.5, 0.6) is 0 Å². The molecule has 0 radical (unpaired) electrons. The summed E-state index contributed by atoms with van der Waals surface area (Å²) in [5.41, 5.74) is 2.54. The third-order valence-corrected chi connectivity index (χ3v) is 7.63. The van der Waals surface area contributed by atoms with Crippen molar-refractivity contribution >= 4 is 26.8 Å². The van der Waals surface area contributed by atoms with Crippen LogP contribution in [-0.4, -0.2) is 41.1 Å². The lowest BCUT2D eigenvalue weighted by Crippen LogP contribution is -2.39. The number of hydrogen-bond acceptors (Lipinski definition) is 4. The molecule has 0 saturated carbocycles. The molecule has 1 aliphatic heterocycles. The number of hydrogen-bond donors (Lipinski definition) is 0. The Kier molecular flexibility index (Phi) is 5.27. The van der Waals surface area contributed by atoms with Gasteiger partial charge in [0.05, 0.1) is 15.9 Å². The van der Waals surface area contributed by atoms with E-state index in [0.717, 1.165) is 36.2 Å². The topological polar surface area (TPSA) is 72.3 Å². The van der Waals surface area contributed by atoms with Crippen LogP contribution in [0.2, 0.25) is 0 Å². The lowest BCUT2D eigenvalue weighted by atomic mass is 9.98. The molecule has 1 aromatic heterocycles. The minimum atomic E-state index is -3.58. The smallest absolute Gasteiger partial charge is 0.243 e. The van der Waals surface area contributed by atoms with E-state index in [9.17, 15) is 13.2 Å². The summed E-state index contributed by atoms with van der Waals surface area (Å²) in [4.78, 5) is 16.4. The van der Waals surface area contributed by atoms with E-state index in [1.54, 1.807) is 22.5 Å². The predicted octanol–water partition coefficient (Wildman–Crippen LogP) is 3.65. The summed E-state index contributed by atoms with van der Waals surface area (Å²) in [6, 6.07) is 14.4. The maximum Gasteiger partial charge on any atom is 0.243 e. The molecule has 2 heterocycles. The summed E-state index contributed by atoms with van der Waals surface area (Å²) in [5, 5.41) is 0. The number of fused-ring (bicyclic) bond motifs is 1. The molecule has 0 unspecified atom stereocenters. The maximum absolute atomic E-state index is 13.0. The Morgan fingerprint density at radius 2 is 1.83 bits per heavy atom. The molecule has 29 heavy (non-hydrogen) atoms. The van der Waals surface area contributed by atoms with Crippen molar-refractivity contribution in [2.75, 3.05) is 13.1 Å². The third-order valence-electron chi connectivity index (χ3n) is 5.74. The molecule has 1 fully saturated rings. The Labute approximate surface area is 171 Å². The van der Waals surface area contributed by atoms with Gasteiger partial charge in [-0.05, 0) is 56.9 Å². The first-order valence-corrected chi connectivity index (χ1v) is 11.3. The van der Waals surface area contributed by atoms with Crippen LogP contribution in [0.1, 0.15) is 35.9 Å². The van der Waals surface area contributed by atoms with Crippen molar-refractivity contribution in [3.05, 3.63) is 59.9 Å². The number of ketones is 1. The van der Waals surface area contributed by atoms with Gasteiger partial charge in [0.25, 0.3) is 0 Å². The highest BCUT2D eigenvalue weighted by Crippen LogP contribution is 2.27. The number of nitrogens with zero attached hydrogens (tertiary/aromatic N) is 3. The van der Waals surface area contributed by atoms with Crippen molar-refractivity contribution in [1.29, 1.82) is 0 Å². The molecule has 0 amide bonds. The van der Waals surface area contributed by atoms with Crippen molar-refractivity contribution in [1.82, 2.24) is 13.9 Å². The second kappa shape index (κ2) is 7.72. The van der Waals surface area contributed by atoms with Gasteiger partial charge in [-0.1, -0.05) is 24.3 Å². The fourth-order valence-corrected chi connectivity index (χ4v) is 5.56. The molecule has 152 valence electrons. The fraction of sp³-hybridized carbons (Fsp3) is 0.364. The van der Waals surface area contributed by atoms with Crippen molar-refractivity contribution in [2.24, 2.45) is 5.92 Å². The van der Waals surface area contributed by atoms with Gasteiger partial charge >= 0.3 is 0 Å². The molecular weight excluding hydrogens is 386 g/mol. The second-order valence-electron chi connectivity index (χ2n) is 7.69. The van der Waals surface area contributed by atoms with Crippen molar-refractivity contribution in [3.8, 4) is 0 Å². The highest BCUT2D eigenvalue weighted by molar-refractivity contribution is 7.89. The Bertz CT molecular complexity index is 1160. The Morgan fingerprint density at radius 3 is 2.55 bits per heavy atom. The first-order valence-electron chi connectivity index (χ1n) is 9.89. The lowest BCUT2D eigenvalue weighted by Gasteiger charge is -2.31. The average molecular weight is 412 g/mol. The van der Waals surface area contributed by atoms with E-state index in [2.05, 4.69) is 15.6 Å². The molecule has 1 saturated heterocycles. The molecule has 0 bridgehead atoms. The summed E-state index contributed by atoms with van der Waals surface area (Å²) in [6.07, 6.45) is 1.61. The van der Waals surface area contributed by atoms with Gasteiger partial charge in [0.15, 0.2) is 5.78 Å². The van der Waals surface area contributed by atoms with Crippen LogP contribution in [0.15, 0.2) is 53.4 Å². The number of aromatic nitrogens is 2. The van der Waals surface area contributed by atoms with Gasteiger partial charge in [-0.2, -0.15) is 4.31 Å². The van der Waals surface area contributed by atoms with Crippen molar-refractivity contribution in [2.45, 2.75) is 38.1 Å². The molecule has 0 atom stereocenters. The van der Waals surface area contributed by atoms with Gasteiger partial charge < -0.3 is 4.57 Å². The third kappa shape index (κ3) is 3.84. The zero-order valence-corrected chi connectivity index (χ0v) is 17.5. The second-order valence-corrected chi connectivity index (χ2v) is 9.63. The largest absolute Gasteiger partial charge is 0.328 e. The van der Waals surface area contributed by atoms with Gasteiger partial charge in [0, 0.05) is 25.2 Å². The molecule has 7 heteroatoms. The Morgan fingerprint density at radius 1 is 1.10 bits per heavy atom. The average Bonchev–Trinajstić information content (AvgIpc) is 3.04. The van der Waals surface area contributed by atoms with Crippen molar-refractivity contribution < 1.29 is 13.2 Å². The van der Waals surface area contributed by atoms with Crippen LogP contribution in [-0.2, 0) is 16.6 Å². The van der Waals surface area contributed by atoms with Gasteiger partial charge in [-0.25, -0.2) is 13.4 Å². The number of benzene rings is 2. The molecule has 0 N–H and O–H groups in total. The van der Waals surface area contributed by atoms with Crippen LogP contribution in [0.4, 0.5) is 0 Å². The van der Waals surface area contributed by atoms with E-state index in [0.29, 0.717) is 24.6 Å². The molecule has 4 rings (SSSR count). The highest BCUT2D eigenvalue weighted by Gasteiger charge is 2.30. The zero-order chi connectivity index (χ0) is 20.6. The van der Waals surface area contributed by atoms with Crippen LogP contribution < -0.4 is 0 Å². The summed E-state index contributed by atoms with van der Waals surface area (Å²) < 4.78 is 29.8. The van der Waals surface area contributed by atoms with E-state index in [4.69, 9.17) is 0 Å². The molecule has 6 nitrogen and oxygen atoms in total. The number of carbonyl (C=O) groups is 1. The van der Waals surface area contributed by atoms with Gasteiger partial charge in [0.1, 0.15) is 5.82 Å². The highest BCUT2D eigenvalue weighted by atomic mass is 32.2. The molecular formula is C22H25N3O3S. The quantitative estimate of drug-likeness (QED) is 0.601. The number of Topliss-reactive ketones (excluding diaryl/α,β-unsaturated/α-hetero) is 1. The van der Waals surface area contributed by atoms with E-state index in [1.165, 1.54) is 13.0 Å². The Hall–Kier alpha value is -2.51. The first kappa shape index (κ1) is 19.8. The SMILES string of the molecule is CC(=O)c1cccc(S(=O)(=O)N2CCC(Cn3c(C)nc4ccccc43)CC2)c1. The fourth-order valence-electron chi connectivity index (χ4n) is 4.04. The van der Waals surface area contributed by atoms with E-state index in [1.807, 2.05) is 25.1 Å². The lowest BCUT2D eigenvalue weighted by molar-refractivity contribution is 0.101. The van der Waals surface area contributed by atoms with Crippen LogP contribution in [0.3, 0.4) is 0 Å². The normalized spacial score (nSPS) is 16.3. The van der Waals surface area contributed by atoms with Gasteiger partial charge in [-0.15, -0.1) is 0 Å². The number of sulfonamides is 1.